The van der Waals surface area contributed by atoms with E-state index in [-0.39, 0.29) is 41.4 Å². The Bertz CT molecular complexity index is 808. The van der Waals surface area contributed by atoms with Crippen molar-refractivity contribution in [1.29, 1.82) is 0 Å². The first-order valence-electron chi connectivity index (χ1n) is 6.15. The van der Waals surface area contributed by atoms with Crippen LogP contribution in [0.15, 0.2) is 30.3 Å². The molecule has 10 heteroatoms. The normalized spacial score (nSPS) is 10.4. The lowest BCUT2D eigenvalue weighted by Crippen LogP contribution is -2.41. The van der Waals surface area contributed by atoms with Crippen LogP contribution in [0.2, 0.25) is 25.1 Å². The van der Waals surface area contributed by atoms with Crippen molar-refractivity contribution >= 4 is 75.6 Å². The molecule has 0 atom stereocenters. The molecule has 2 rings (SSSR count). The quantitative estimate of drug-likeness (QED) is 0.366. The monoisotopic (exact) mass is 426 g/mol. The van der Waals surface area contributed by atoms with Gasteiger partial charge in [0.2, 0.25) is 0 Å². The Morgan fingerprint density at radius 2 is 1.42 bits per heavy atom. The number of urea groups is 1. The minimum absolute atomic E-state index is 0.0462. The van der Waals surface area contributed by atoms with E-state index in [4.69, 9.17) is 58.0 Å². The Balaban J connectivity index is 2.24. The first-order chi connectivity index (χ1) is 11.2. The maximum Gasteiger partial charge on any atom is 0.352 e. The molecule has 0 saturated carbocycles. The van der Waals surface area contributed by atoms with Crippen LogP contribution in [0.25, 0.3) is 0 Å². The number of hydrogen-bond acceptors (Lipinski definition) is 3. The van der Waals surface area contributed by atoms with Gasteiger partial charge in [-0.2, -0.15) is 5.06 Å². The molecule has 0 aliphatic rings. The number of nitrogens with one attached hydrogen (secondary N) is 1. The average Bonchev–Trinajstić information content (AvgIpc) is 2.50. The molecule has 0 bridgehead atoms. The van der Waals surface area contributed by atoms with Gasteiger partial charge in [0.1, 0.15) is 0 Å². The Hall–Kier alpha value is -1.21. The lowest BCUT2D eigenvalue weighted by atomic mass is 10.2. The number of hydrogen-bond donors (Lipinski definition) is 2. The van der Waals surface area contributed by atoms with Gasteiger partial charge in [0.25, 0.3) is 5.91 Å². The van der Waals surface area contributed by atoms with Gasteiger partial charge in [-0.05, 0) is 24.3 Å². The van der Waals surface area contributed by atoms with E-state index < -0.39 is 11.9 Å². The van der Waals surface area contributed by atoms with Crippen LogP contribution in [0.5, 0.6) is 0 Å². The Morgan fingerprint density at radius 3 is 2.00 bits per heavy atom. The van der Waals surface area contributed by atoms with E-state index in [1.54, 1.807) is 0 Å². The van der Waals surface area contributed by atoms with Crippen molar-refractivity contribution in [1.82, 2.24) is 5.32 Å². The second-order valence-corrected chi connectivity index (χ2v) is 6.42. The van der Waals surface area contributed by atoms with Gasteiger partial charge >= 0.3 is 6.03 Å². The highest BCUT2D eigenvalue weighted by atomic mass is 35.5. The fourth-order valence-corrected chi connectivity index (χ4v) is 2.90. The van der Waals surface area contributed by atoms with Crippen LogP contribution >= 0.6 is 58.0 Å². The maximum absolute atomic E-state index is 12.1. The molecule has 0 radical (unpaired) electrons. The molecule has 0 fully saturated rings. The minimum atomic E-state index is -1.18. The number of benzene rings is 2. The SMILES string of the molecule is O=C(NC(=O)N(O)c1cc(Cl)c(Cl)cc1Cl)c1c(Cl)cccc1Cl. The van der Waals surface area contributed by atoms with Crippen LogP contribution in [0, 0.1) is 0 Å². The van der Waals surface area contributed by atoms with Crippen LogP contribution in [-0.2, 0) is 0 Å². The summed E-state index contributed by atoms with van der Waals surface area (Å²) in [6, 6.07) is 5.62. The molecule has 2 aromatic rings. The molecule has 2 N–H and O–H groups in total. The molecule has 24 heavy (non-hydrogen) atoms. The van der Waals surface area contributed by atoms with Gasteiger partial charge in [0, 0.05) is 0 Å². The number of halogens is 5. The number of anilines is 1. The van der Waals surface area contributed by atoms with E-state index in [2.05, 4.69) is 0 Å². The summed E-state index contributed by atoms with van der Waals surface area (Å²) in [6.07, 6.45) is 0. The van der Waals surface area contributed by atoms with Crippen molar-refractivity contribution in [3.05, 3.63) is 61.0 Å². The fraction of sp³-hybridized carbons (Fsp3) is 0. The summed E-state index contributed by atoms with van der Waals surface area (Å²) in [6.45, 7) is 0. The summed E-state index contributed by atoms with van der Waals surface area (Å²) in [5.41, 5.74) is -0.274. The van der Waals surface area contributed by atoms with E-state index in [1.807, 2.05) is 5.32 Å². The molecular formula is C14H7Cl5N2O3. The average molecular weight is 428 g/mol. The van der Waals surface area contributed by atoms with Gasteiger partial charge in [-0.1, -0.05) is 64.1 Å². The van der Waals surface area contributed by atoms with Crippen LogP contribution < -0.4 is 10.4 Å². The largest absolute Gasteiger partial charge is 0.352 e. The molecule has 0 unspecified atom stereocenters. The molecule has 0 aliphatic carbocycles. The van der Waals surface area contributed by atoms with Gasteiger partial charge in [-0.3, -0.25) is 15.3 Å². The Kier molecular flexibility index (Phi) is 6.20. The highest BCUT2D eigenvalue weighted by Gasteiger charge is 2.23. The zero-order valence-electron chi connectivity index (χ0n) is 11.5. The first kappa shape index (κ1) is 19.1. The second-order valence-electron chi connectivity index (χ2n) is 4.39. The molecule has 0 aliphatic heterocycles. The summed E-state index contributed by atoms with van der Waals surface area (Å²) in [5.74, 6) is -0.897. The number of amides is 3. The molecule has 126 valence electrons. The molecule has 3 amide bonds. The first-order valence-corrected chi connectivity index (χ1v) is 8.04. The van der Waals surface area contributed by atoms with Crippen molar-refractivity contribution < 1.29 is 14.8 Å². The van der Waals surface area contributed by atoms with Gasteiger partial charge in [0.05, 0.1) is 36.4 Å². The van der Waals surface area contributed by atoms with Gasteiger partial charge < -0.3 is 0 Å². The topological polar surface area (TPSA) is 69.6 Å². The summed E-state index contributed by atoms with van der Waals surface area (Å²) in [5, 5.41) is 12.2. The van der Waals surface area contributed by atoms with Crippen molar-refractivity contribution in [2.75, 3.05) is 5.06 Å². The minimum Gasteiger partial charge on any atom is -0.279 e. The third-order valence-electron chi connectivity index (χ3n) is 2.82. The number of carbonyl (C=O) groups is 2. The standard InChI is InChI=1S/C14H7Cl5N2O3/c15-6-2-1-3-7(16)12(6)13(22)20-14(23)21(24)11-5-9(18)8(17)4-10(11)19/h1-5,24H,(H,20,22,23). The zero-order valence-corrected chi connectivity index (χ0v) is 15.3. The molecule has 0 saturated heterocycles. The van der Waals surface area contributed by atoms with E-state index in [0.29, 0.717) is 0 Å². The third-order valence-corrected chi connectivity index (χ3v) is 4.48. The number of rotatable bonds is 2. The zero-order chi connectivity index (χ0) is 18.0. The molecule has 5 nitrogen and oxygen atoms in total. The van der Waals surface area contributed by atoms with Crippen molar-refractivity contribution in [3.63, 3.8) is 0 Å². The number of hydroxylamine groups is 1. The van der Waals surface area contributed by atoms with Crippen molar-refractivity contribution in [2.45, 2.75) is 0 Å². The van der Waals surface area contributed by atoms with Crippen LogP contribution in [0.4, 0.5) is 10.5 Å². The highest BCUT2D eigenvalue weighted by molar-refractivity contribution is 6.44. The van der Waals surface area contributed by atoms with E-state index in [1.165, 1.54) is 30.3 Å². The van der Waals surface area contributed by atoms with E-state index in [0.717, 1.165) is 0 Å². The van der Waals surface area contributed by atoms with E-state index >= 15 is 0 Å². The van der Waals surface area contributed by atoms with Gasteiger partial charge in [0.15, 0.2) is 0 Å². The molecule has 0 spiro atoms. The highest BCUT2D eigenvalue weighted by Crippen LogP contribution is 2.34. The smallest absolute Gasteiger partial charge is 0.279 e. The lowest BCUT2D eigenvalue weighted by molar-refractivity contribution is 0.0958. The molecule has 0 aromatic heterocycles. The van der Waals surface area contributed by atoms with E-state index in [9.17, 15) is 14.8 Å². The van der Waals surface area contributed by atoms with Crippen LogP contribution in [-0.4, -0.2) is 17.1 Å². The Morgan fingerprint density at radius 1 is 0.875 bits per heavy atom. The van der Waals surface area contributed by atoms with Crippen molar-refractivity contribution in [2.24, 2.45) is 0 Å². The Labute approximate surface area is 161 Å². The second kappa shape index (κ2) is 7.78. The number of imide groups is 1. The van der Waals surface area contributed by atoms with Gasteiger partial charge in [-0.25, -0.2) is 4.79 Å². The summed E-state index contributed by atoms with van der Waals surface area (Å²) >= 11 is 29.2. The summed E-state index contributed by atoms with van der Waals surface area (Å²) < 4.78 is 0. The molecule has 0 heterocycles. The maximum atomic E-state index is 12.1. The summed E-state index contributed by atoms with van der Waals surface area (Å²) in [4.78, 5) is 24.1. The summed E-state index contributed by atoms with van der Waals surface area (Å²) in [7, 11) is 0. The van der Waals surface area contributed by atoms with Crippen LogP contribution in [0.3, 0.4) is 0 Å². The molecular weight excluding hydrogens is 421 g/mol. The van der Waals surface area contributed by atoms with Gasteiger partial charge in [-0.15, -0.1) is 0 Å². The third kappa shape index (κ3) is 4.06. The lowest BCUT2D eigenvalue weighted by Gasteiger charge is -2.17. The van der Waals surface area contributed by atoms with Crippen molar-refractivity contribution in [3.8, 4) is 0 Å². The fourth-order valence-electron chi connectivity index (χ4n) is 1.71. The molecule has 2 aromatic carbocycles. The number of carbonyl (C=O) groups excluding carboxylic acids is 2. The predicted molar refractivity (Wildman–Crippen MR) is 95.1 cm³/mol. The number of nitrogens with zero attached hydrogens (tertiary/aromatic N) is 1. The van der Waals surface area contributed by atoms with Crippen LogP contribution in [0.1, 0.15) is 10.4 Å². The predicted octanol–water partition coefficient (Wildman–Crippen LogP) is 5.70.